The summed E-state index contributed by atoms with van der Waals surface area (Å²) in [5, 5.41) is 4.34. The first-order valence-electron chi connectivity index (χ1n) is 9.04. The molecule has 4 aromatic rings. The van der Waals surface area contributed by atoms with Gasteiger partial charge in [0.1, 0.15) is 5.52 Å². The Balaban J connectivity index is 0.00000192. The number of aryl methyl sites for hydroxylation is 1. The van der Waals surface area contributed by atoms with Gasteiger partial charge in [0, 0.05) is 23.9 Å². The predicted octanol–water partition coefficient (Wildman–Crippen LogP) is 5.09. The molecule has 1 aromatic carbocycles. The number of piperidine rings is 1. The Hall–Kier alpha value is -2.09. The molecule has 4 heterocycles. The molecule has 3 aromatic heterocycles. The van der Waals surface area contributed by atoms with E-state index >= 15 is 0 Å². The number of rotatable bonds is 2. The van der Waals surface area contributed by atoms with Gasteiger partial charge in [0.05, 0.1) is 15.4 Å². The molecule has 1 N–H and O–H groups in total. The third kappa shape index (κ3) is 3.27. The summed E-state index contributed by atoms with van der Waals surface area (Å²) in [6, 6.07) is 4.76. The average molecular weight is 421 g/mol. The van der Waals surface area contributed by atoms with Crippen molar-refractivity contribution in [1.29, 1.82) is 0 Å². The number of hydrogen-bond donors (Lipinski definition) is 1. The number of hydrogen-bond acceptors (Lipinski definition) is 4. The van der Waals surface area contributed by atoms with E-state index in [1.807, 2.05) is 13.0 Å². The SMILES string of the molecule is Cc1cn2cc(-c3cc(F)c4nc(C5CCNCC5)sc4c3)cc(F)c2n1.Cl. The van der Waals surface area contributed by atoms with Crippen LogP contribution in [0.1, 0.15) is 29.5 Å². The van der Waals surface area contributed by atoms with Crippen molar-refractivity contribution in [1.82, 2.24) is 19.7 Å². The van der Waals surface area contributed by atoms with Crippen molar-refractivity contribution in [3.8, 4) is 11.1 Å². The summed E-state index contributed by atoms with van der Waals surface area (Å²) in [5.41, 5.74) is 2.70. The van der Waals surface area contributed by atoms with Crippen LogP contribution >= 0.6 is 23.7 Å². The minimum atomic E-state index is -0.416. The van der Waals surface area contributed by atoms with Crippen LogP contribution in [0, 0.1) is 18.6 Å². The molecule has 0 atom stereocenters. The summed E-state index contributed by atoms with van der Waals surface area (Å²) in [5.74, 6) is -0.392. The predicted molar refractivity (Wildman–Crippen MR) is 111 cm³/mol. The second-order valence-corrected chi connectivity index (χ2v) is 8.13. The molecule has 0 spiro atoms. The number of imidazole rings is 1. The van der Waals surface area contributed by atoms with Gasteiger partial charge in [-0.15, -0.1) is 23.7 Å². The molecular weight excluding hydrogens is 402 g/mol. The maximum absolute atomic E-state index is 14.8. The largest absolute Gasteiger partial charge is 0.317 e. The Morgan fingerprint density at radius 3 is 2.57 bits per heavy atom. The van der Waals surface area contributed by atoms with E-state index in [0.29, 0.717) is 22.6 Å². The molecule has 0 amide bonds. The standard InChI is InChI=1S/C20H18F2N4S.ClH/c1-11-9-26-10-14(7-16(22)19(26)24-11)13-6-15(21)18-17(8-13)27-20(25-18)12-2-4-23-5-3-12;/h6-10,12,23H,2-5H2,1H3;1H. The van der Waals surface area contributed by atoms with Gasteiger partial charge < -0.3 is 9.72 Å². The van der Waals surface area contributed by atoms with Crippen LogP contribution in [-0.2, 0) is 0 Å². The fourth-order valence-corrected chi connectivity index (χ4v) is 4.94. The minimum Gasteiger partial charge on any atom is -0.317 e. The summed E-state index contributed by atoms with van der Waals surface area (Å²) >= 11 is 1.55. The van der Waals surface area contributed by atoms with Crippen molar-refractivity contribution in [2.45, 2.75) is 25.7 Å². The van der Waals surface area contributed by atoms with Gasteiger partial charge in [0.15, 0.2) is 17.3 Å². The molecule has 1 saturated heterocycles. The van der Waals surface area contributed by atoms with Crippen LogP contribution in [0.3, 0.4) is 0 Å². The lowest BCUT2D eigenvalue weighted by molar-refractivity contribution is 0.459. The number of nitrogens with zero attached hydrogens (tertiary/aromatic N) is 3. The van der Waals surface area contributed by atoms with E-state index in [9.17, 15) is 8.78 Å². The van der Waals surface area contributed by atoms with Crippen molar-refractivity contribution in [3.05, 3.63) is 52.9 Å². The Kier molecular flexibility index (Phi) is 5.07. The number of aromatic nitrogens is 3. The zero-order chi connectivity index (χ0) is 18.5. The van der Waals surface area contributed by atoms with Crippen LogP contribution in [0.4, 0.5) is 8.78 Å². The fraction of sp³-hybridized carbons (Fsp3) is 0.300. The number of nitrogens with one attached hydrogen (secondary N) is 1. The van der Waals surface area contributed by atoms with Crippen LogP contribution in [-0.4, -0.2) is 27.5 Å². The second-order valence-electron chi connectivity index (χ2n) is 7.07. The van der Waals surface area contributed by atoms with Gasteiger partial charge in [0.25, 0.3) is 0 Å². The lowest BCUT2D eigenvalue weighted by Crippen LogP contribution is -2.26. The minimum absolute atomic E-state index is 0. The monoisotopic (exact) mass is 420 g/mol. The molecule has 0 radical (unpaired) electrons. The number of benzene rings is 1. The van der Waals surface area contributed by atoms with Crippen molar-refractivity contribution in [2.75, 3.05) is 13.1 Å². The molecule has 0 aliphatic carbocycles. The third-order valence-electron chi connectivity index (χ3n) is 5.11. The van der Waals surface area contributed by atoms with Crippen LogP contribution in [0.15, 0.2) is 30.6 Å². The van der Waals surface area contributed by atoms with Gasteiger partial charge in [-0.3, -0.25) is 0 Å². The Bertz CT molecular complexity index is 1160. The zero-order valence-corrected chi connectivity index (χ0v) is 16.8. The van der Waals surface area contributed by atoms with E-state index in [2.05, 4.69) is 15.3 Å². The summed E-state index contributed by atoms with van der Waals surface area (Å²) in [6.45, 7) is 3.76. The van der Waals surface area contributed by atoms with Crippen molar-refractivity contribution < 1.29 is 8.78 Å². The lowest BCUT2D eigenvalue weighted by Gasteiger charge is -2.20. The molecule has 146 valence electrons. The summed E-state index contributed by atoms with van der Waals surface area (Å²) in [6.07, 6.45) is 5.60. The normalized spacial score (nSPS) is 15.2. The van der Waals surface area contributed by atoms with Crippen LogP contribution in [0.25, 0.3) is 27.0 Å². The van der Waals surface area contributed by atoms with Crippen LogP contribution < -0.4 is 5.32 Å². The molecule has 28 heavy (non-hydrogen) atoms. The lowest BCUT2D eigenvalue weighted by atomic mass is 9.99. The Labute approximate surface area is 171 Å². The van der Waals surface area contributed by atoms with Gasteiger partial charge in [-0.2, -0.15) is 0 Å². The third-order valence-corrected chi connectivity index (χ3v) is 6.28. The first-order valence-corrected chi connectivity index (χ1v) is 9.86. The molecule has 1 aliphatic rings. The van der Waals surface area contributed by atoms with E-state index < -0.39 is 5.82 Å². The van der Waals surface area contributed by atoms with E-state index in [1.165, 1.54) is 12.1 Å². The van der Waals surface area contributed by atoms with Crippen LogP contribution in [0.5, 0.6) is 0 Å². The number of thiazole rings is 1. The fourth-order valence-electron chi connectivity index (χ4n) is 3.75. The van der Waals surface area contributed by atoms with Gasteiger partial charge in [-0.05, 0) is 56.6 Å². The molecule has 0 bridgehead atoms. The summed E-state index contributed by atoms with van der Waals surface area (Å²) in [4.78, 5) is 8.74. The smallest absolute Gasteiger partial charge is 0.173 e. The maximum Gasteiger partial charge on any atom is 0.173 e. The molecule has 1 fully saturated rings. The highest BCUT2D eigenvalue weighted by Gasteiger charge is 2.21. The number of pyridine rings is 1. The quantitative estimate of drug-likeness (QED) is 0.491. The second kappa shape index (κ2) is 7.39. The van der Waals surface area contributed by atoms with Crippen molar-refractivity contribution in [3.63, 3.8) is 0 Å². The van der Waals surface area contributed by atoms with Crippen molar-refractivity contribution >= 4 is 39.6 Å². The Morgan fingerprint density at radius 1 is 1.04 bits per heavy atom. The summed E-state index contributed by atoms with van der Waals surface area (Å²) < 4.78 is 31.6. The Morgan fingerprint density at radius 2 is 1.79 bits per heavy atom. The van der Waals surface area contributed by atoms with Gasteiger partial charge in [-0.25, -0.2) is 18.7 Å². The van der Waals surface area contributed by atoms with Gasteiger partial charge in [-0.1, -0.05) is 0 Å². The maximum atomic E-state index is 14.8. The topological polar surface area (TPSA) is 42.2 Å². The highest BCUT2D eigenvalue weighted by molar-refractivity contribution is 7.18. The molecule has 8 heteroatoms. The van der Waals surface area contributed by atoms with Gasteiger partial charge >= 0.3 is 0 Å². The first-order chi connectivity index (χ1) is 13.1. The van der Waals surface area contributed by atoms with E-state index in [-0.39, 0.29) is 23.9 Å². The first kappa shape index (κ1) is 19.2. The molecule has 5 rings (SSSR count). The molecule has 4 nitrogen and oxygen atoms in total. The highest BCUT2D eigenvalue weighted by Crippen LogP contribution is 2.36. The van der Waals surface area contributed by atoms with Crippen LogP contribution in [0.2, 0.25) is 0 Å². The zero-order valence-electron chi connectivity index (χ0n) is 15.2. The van der Waals surface area contributed by atoms with Gasteiger partial charge in [0.2, 0.25) is 0 Å². The van der Waals surface area contributed by atoms with Crippen molar-refractivity contribution in [2.24, 2.45) is 0 Å². The summed E-state index contributed by atoms with van der Waals surface area (Å²) in [7, 11) is 0. The molecule has 0 saturated carbocycles. The van der Waals surface area contributed by atoms with E-state index in [0.717, 1.165) is 41.3 Å². The molecule has 0 unspecified atom stereocenters. The molecular formula is C20H19ClF2N4S. The molecule has 1 aliphatic heterocycles. The highest BCUT2D eigenvalue weighted by atomic mass is 35.5. The average Bonchev–Trinajstić information content (AvgIpc) is 3.26. The van der Waals surface area contributed by atoms with E-state index in [1.54, 1.807) is 28.1 Å². The number of fused-ring (bicyclic) bond motifs is 2. The number of halogens is 3. The van der Waals surface area contributed by atoms with E-state index in [4.69, 9.17) is 0 Å².